The van der Waals surface area contributed by atoms with Crippen molar-refractivity contribution in [2.75, 3.05) is 39.8 Å². The van der Waals surface area contributed by atoms with E-state index in [9.17, 15) is 14.0 Å². The molecule has 200 valence electrons. The molecule has 1 aliphatic carbocycles. The maximum atomic E-state index is 14.0. The number of nitrogens with zero attached hydrogens (tertiary/aromatic N) is 4. The fourth-order valence-corrected chi connectivity index (χ4v) is 5.97. The fraction of sp³-hybridized carbons (Fsp3) is 0.586. The number of halogens is 1. The zero-order valence-electron chi connectivity index (χ0n) is 22.2. The van der Waals surface area contributed by atoms with Crippen LogP contribution in [0.4, 0.5) is 4.39 Å². The Bertz CT molecular complexity index is 1220. The lowest BCUT2D eigenvalue weighted by Crippen LogP contribution is -2.46. The number of amides is 1. The third kappa shape index (κ3) is 5.69. The predicted molar refractivity (Wildman–Crippen MR) is 145 cm³/mol. The van der Waals surface area contributed by atoms with Gasteiger partial charge in [0.2, 0.25) is 5.91 Å². The van der Waals surface area contributed by atoms with Gasteiger partial charge in [-0.05, 0) is 101 Å². The third-order valence-electron chi connectivity index (χ3n) is 8.38. The van der Waals surface area contributed by atoms with Crippen molar-refractivity contribution in [3.63, 3.8) is 0 Å². The van der Waals surface area contributed by atoms with Gasteiger partial charge in [-0.3, -0.25) is 18.8 Å². The second-order valence-corrected chi connectivity index (χ2v) is 10.9. The van der Waals surface area contributed by atoms with Crippen molar-refractivity contribution in [3.8, 4) is 0 Å². The van der Waals surface area contributed by atoms with E-state index in [4.69, 9.17) is 0 Å². The van der Waals surface area contributed by atoms with Gasteiger partial charge in [-0.15, -0.1) is 0 Å². The molecule has 8 heteroatoms. The third-order valence-corrected chi connectivity index (χ3v) is 8.38. The van der Waals surface area contributed by atoms with Crippen molar-refractivity contribution in [1.82, 2.24) is 24.3 Å². The second kappa shape index (κ2) is 11.3. The average Bonchev–Trinajstić information content (AvgIpc) is 3.71. The van der Waals surface area contributed by atoms with Gasteiger partial charge in [-0.1, -0.05) is 6.08 Å². The summed E-state index contributed by atoms with van der Waals surface area (Å²) in [6.45, 7) is 6.85. The molecule has 0 atom stereocenters. The van der Waals surface area contributed by atoms with E-state index in [0.29, 0.717) is 31.1 Å². The fourth-order valence-electron chi connectivity index (χ4n) is 5.97. The van der Waals surface area contributed by atoms with Gasteiger partial charge in [-0.25, -0.2) is 9.18 Å². The molecule has 5 rings (SSSR count). The van der Waals surface area contributed by atoms with Crippen LogP contribution in [0.2, 0.25) is 0 Å². The first-order chi connectivity index (χ1) is 18.0. The summed E-state index contributed by atoms with van der Waals surface area (Å²) in [5, 5.41) is 3.04. The van der Waals surface area contributed by atoms with Crippen molar-refractivity contribution in [2.24, 2.45) is 11.8 Å². The Balaban J connectivity index is 1.19. The molecule has 3 aliphatic rings. The molecule has 0 bridgehead atoms. The molecule has 0 unspecified atom stereocenters. The summed E-state index contributed by atoms with van der Waals surface area (Å²) < 4.78 is 17.7. The Morgan fingerprint density at radius 2 is 1.78 bits per heavy atom. The van der Waals surface area contributed by atoms with E-state index in [0.717, 1.165) is 63.7 Å². The first-order valence-corrected chi connectivity index (χ1v) is 13.9. The van der Waals surface area contributed by atoms with Crippen LogP contribution in [0.15, 0.2) is 46.9 Å². The summed E-state index contributed by atoms with van der Waals surface area (Å²) >= 11 is 0. The van der Waals surface area contributed by atoms with Gasteiger partial charge in [0, 0.05) is 45.2 Å². The van der Waals surface area contributed by atoms with Crippen LogP contribution in [0, 0.1) is 17.7 Å². The Hall–Kier alpha value is -2.87. The highest BCUT2D eigenvalue weighted by Gasteiger charge is 2.33. The average molecular weight is 510 g/mol. The molecule has 0 spiro atoms. The number of carbonyl (C=O) groups excluding carboxylic acids is 1. The molecule has 1 N–H and O–H groups in total. The smallest absolute Gasteiger partial charge is 0.329 e. The minimum absolute atomic E-state index is 0.0327. The summed E-state index contributed by atoms with van der Waals surface area (Å²) in [5.74, 6) is 0.572. The summed E-state index contributed by atoms with van der Waals surface area (Å²) in [6.07, 6.45) is 11.8. The van der Waals surface area contributed by atoms with Crippen LogP contribution in [0.1, 0.15) is 51.5 Å². The topological polar surface area (TPSA) is 62.5 Å². The maximum absolute atomic E-state index is 14.0. The Morgan fingerprint density at radius 1 is 1.05 bits per heavy atom. The summed E-state index contributed by atoms with van der Waals surface area (Å²) in [5.41, 5.74) is 2.76. The highest BCUT2D eigenvalue weighted by molar-refractivity contribution is 5.79. The van der Waals surface area contributed by atoms with E-state index < -0.39 is 0 Å². The van der Waals surface area contributed by atoms with E-state index >= 15 is 0 Å². The van der Waals surface area contributed by atoms with Gasteiger partial charge < -0.3 is 10.2 Å². The molecule has 2 aliphatic heterocycles. The minimum Gasteiger partial charge on any atom is -0.394 e. The summed E-state index contributed by atoms with van der Waals surface area (Å²) in [7, 11) is 1.90. The van der Waals surface area contributed by atoms with Gasteiger partial charge in [0.1, 0.15) is 5.82 Å². The normalized spacial score (nSPS) is 20.8. The van der Waals surface area contributed by atoms with Crippen molar-refractivity contribution in [1.29, 1.82) is 0 Å². The molecule has 1 aromatic heterocycles. The van der Waals surface area contributed by atoms with Crippen LogP contribution in [-0.2, 0) is 11.3 Å². The number of likely N-dealkylation sites (tertiary alicyclic amines) is 2. The molecular weight excluding hydrogens is 469 g/mol. The van der Waals surface area contributed by atoms with Gasteiger partial charge in [0.15, 0.2) is 0 Å². The first kappa shape index (κ1) is 25.8. The van der Waals surface area contributed by atoms with Crippen LogP contribution in [0.5, 0.6) is 0 Å². The number of rotatable bonds is 8. The van der Waals surface area contributed by atoms with E-state index in [1.54, 1.807) is 10.6 Å². The van der Waals surface area contributed by atoms with Gasteiger partial charge in [-0.2, -0.15) is 0 Å². The van der Waals surface area contributed by atoms with E-state index in [1.165, 1.54) is 17.7 Å². The highest BCUT2D eigenvalue weighted by atomic mass is 19.1. The SMILES string of the molecule is C/C=C(\C=C/NC)CN1CCC(C(=O)N2CCC(n3c(=O)n(CC4CC4)c4cc(F)ccc43)CC2)CC1. The van der Waals surface area contributed by atoms with Crippen LogP contribution in [-0.4, -0.2) is 64.6 Å². The number of hydrogen-bond donors (Lipinski definition) is 1. The lowest BCUT2D eigenvalue weighted by atomic mass is 9.93. The Kier molecular flexibility index (Phi) is 7.84. The number of nitrogens with one attached hydrogen (secondary N) is 1. The maximum Gasteiger partial charge on any atom is 0.329 e. The number of benzene rings is 1. The number of aromatic nitrogens is 2. The zero-order valence-corrected chi connectivity index (χ0v) is 22.2. The molecule has 37 heavy (non-hydrogen) atoms. The first-order valence-electron chi connectivity index (χ1n) is 13.9. The standard InChI is InChI=1S/C29H40FN5O2/c1-3-21(8-13-31-2)19-32-14-9-23(10-15-32)28(36)33-16-11-25(12-17-33)35-26-7-6-24(30)18-27(26)34(29(35)37)20-22-4-5-22/h3,6-8,13,18,22-23,25,31H,4-5,9-12,14-17,19-20H2,1-2H3/b13-8-,21-3+. The molecule has 3 fully saturated rings. The molecule has 1 amide bonds. The lowest BCUT2D eigenvalue weighted by Gasteiger charge is -2.37. The van der Waals surface area contributed by atoms with Crippen molar-refractivity contribution < 1.29 is 9.18 Å². The Morgan fingerprint density at radius 3 is 2.43 bits per heavy atom. The molecule has 1 saturated carbocycles. The van der Waals surface area contributed by atoms with Crippen molar-refractivity contribution >= 4 is 16.9 Å². The zero-order chi connectivity index (χ0) is 25.9. The lowest BCUT2D eigenvalue weighted by molar-refractivity contribution is -0.138. The van der Waals surface area contributed by atoms with Crippen LogP contribution in [0.3, 0.4) is 0 Å². The largest absolute Gasteiger partial charge is 0.394 e. The summed E-state index contributed by atoms with van der Waals surface area (Å²) in [6, 6.07) is 4.73. The predicted octanol–water partition coefficient (Wildman–Crippen LogP) is 3.91. The molecular formula is C29H40FN5O2. The van der Waals surface area contributed by atoms with E-state index in [1.807, 2.05) is 22.7 Å². The van der Waals surface area contributed by atoms with Crippen LogP contribution >= 0.6 is 0 Å². The molecule has 3 heterocycles. The van der Waals surface area contributed by atoms with Crippen molar-refractivity contribution in [3.05, 3.63) is 58.4 Å². The molecule has 1 aromatic carbocycles. The number of piperidine rings is 2. The molecule has 2 aromatic rings. The van der Waals surface area contributed by atoms with Crippen LogP contribution in [0.25, 0.3) is 11.0 Å². The van der Waals surface area contributed by atoms with Gasteiger partial charge in [0.05, 0.1) is 11.0 Å². The second-order valence-electron chi connectivity index (χ2n) is 10.9. The van der Waals surface area contributed by atoms with Gasteiger partial charge >= 0.3 is 5.69 Å². The van der Waals surface area contributed by atoms with E-state index in [2.05, 4.69) is 29.3 Å². The number of fused-ring (bicyclic) bond motifs is 1. The number of allylic oxidation sites excluding steroid dienone is 1. The van der Waals surface area contributed by atoms with Crippen molar-refractivity contribution in [2.45, 2.75) is 58.0 Å². The number of imidazole rings is 1. The molecule has 0 radical (unpaired) electrons. The van der Waals surface area contributed by atoms with Gasteiger partial charge in [0.25, 0.3) is 0 Å². The number of carbonyl (C=O) groups is 1. The quantitative estimate of drug-likeness (QED) is 0.549. The number of hydrogen-bond acceptors (Lipinski definition) is 4. The molecule has 2 saturated heterocycles. The minimum atomic E-state index is -0.308. The monoisotopic (exact) mass is 509 g/mol. The van der Waals surface area contributed by atoms with E-state index in [-0.39, 0.29) is 29.4 Å². The Labute approximate surface area is 218 Å². The summed E-state index contributed by atoms with van der Waals surface area (Å²) in [4.78, 5) is 31.2. The van der Waals surface area contributed by atoms with Crippen LogP contribution < -0.4 is 11.0 Å². The highest BCUT2D eigenvalue weighted by Crippen LogP contribution is 2.33. The molecule has 7 nitrogen and oxygen atoms in total.